The zero-order valence-electron chi connectivity index (χ0n) is 20.0. The van der Waals surface area contributed by atoms with Crippen molar-refractivity contribution in [3.8, 4) is 0 Å². The monoisotopic (exact) mass is 480 g/mol. The van der Waals surface area contributed by atoms with Crippen molar-refractivity contribution in [3.63, 3.8) is 0 Å². The molecule has 180 valence electrons. The number of aromatic amines is 1. The highest BCUT2D eigenvalue weighted by atomic mass is 32.2. The number of amides is 1. The summed E-state index contributed by atoms with van der Waals surface area (Å²) in [4.78, 5) is 32.5. The Kier molecular flexibility index (Phi) is 7.84. The lowest BCUT2D eigenvalue weighted by atomic mass is 10.2. The molecule has 0 spiro atoms. The van der Waals surface area contributed by atoms with Gasteiger partial charge in [-0.15, -0.1) is 10.2 Å². The second-order valence-electron chi connectivity index (χ2n) is 8.81. The minimum atomic E-state index is -0.0443. The number of nitrogens with zero attached hydrogens (tertiary/aromatic N) is 5. The number of Topliss-reactive ketones (excluding diaryl/α,β-unsaturated/α-hetero) is 1. The third kappa shape index (κ3) is 5.42. The summed E-state index contributed by atoms with van der Waals surface area (Å²) in [6.45, 7) is 4.34. The van der Waals surface area contributed by atoms with Crippen molar-refractivity contribution >= 4 is 23.5 Å². The third-order valence-electron chi connectivity index (χ3n) is 6.20. The van der Waals surface area contributed by atoms with E-state index >= 15 is 0 Å². The molecule has 34 heavy (non-hydrogen) atoms. The number of ketones is 1. The van der Waals surface area contributed by atoms with Crippen LogP contribution in [0.5, 0.6) is 0 Å². The number of aromatic nitrogens is 4. The Labute approximate surface area is 204 Å². The van der Waals surface area contributed by atoms with Crippen LogP contribution in [0.3, 0.4) is 0 Å². The summed E-state index contributed by atoms with van der Waals surface area (Å²) in [5.74, 6) is 1.04. The molecule has 1 aliphatic rings. The van der Waals surface area contributed by atoms with Crippen LogP contribution in [0.15, 0.2) is 47.8 Å². The predicted molar refractivity (Wildman–Crippen MR) is 133 cm³/mol. The van der Waals surface area contributed by atoms with Crippen molar-refractivity contribution in [2.24, 2.45) is 0 Å². The maximum Gasteiger partial charge on any atom is 0.270 e. The van der Waals surface area contributed by atoms with Gasteiger partial charge in [0.2, 0.25) is 0 Å². The van der Waals surface area contributed by atoms with E-state index in [1.165, 1.54) is 11.8 Å². The molecule has 1 N–H and O–H groups in total. The Morgan fingerprint density at radius 1 is 1.15 bits per heavy atom. The van der Waals surface area contributed by atoms with E-state index in [0.717, 1.165) is 48.9 Å². The zero-order chi connectivity index (χ0) is 24.1. The van der Waals surface area contributed by atoms with Crippen molar-refractivity contribution in [1.29, 1.82) is 0 Å². The lowest BCUT2D eigenvalue weighted by molar-refractivity contribution is 0.0787. The summed E-state index contributed by atoms with van der Waals surface area (Å²) in [6.07, 6.45) is 4.60. The number of hydrogen-bond donors (Lipinski definition) is 1. The van der Waals surface area contributed by atoms with Gasteiger partial charge in [-0.2, -0.15) is 0 Å². The van der Waals surface area contributed by atoms with Crippen molar-refractivity contribution in [3.05, 3.63) is 65.2 Å². The van der Waals surface area contributed by atoms with Gasteiger partial charge in [-0.1, -0.05) is 49.0 Å². The summed E-state index contributed by atoms with van der Waals surface area (Å²) in [6, 6.07) is 12.0. The van der Waals surface area contributed by atoms with Crippen LogP contribution in [0.2, 0.25) is 0 Å². The standard InChI is InChI=1S/C25H32N6O2S/c1-4-21(29(2)3)23-27-28-25(31(23)16-18-10-6-5-7-11-18)34-17-22(32)19-14-20(26-15-19)24(33)30-12-8-9-13-30/h5-7,10-11,14-15,21,26H,4,8-9,12-13,16-17H2,1-3H3/t21-/m1/s1. The van der Waals surface area contributed by atoms with Crippen LogP contribution in [-0.2, 0) is 6.54 Å². The van der Waals surface area contributed by atoms with E-state index in [0.29, 0.717) is 17.8 Å². The summed E-state index contributed by atoms with van der Waals surface area (Å²) in [7, 11) is 4.08. The second kappa shape index (κ2) is 11.0. The van der Waals surface area contributed by atoms with Gasteiger partial charge in [0.25, 0.3) is 5.91 Å². The summed E-state index contributed by atoms with van der Waals surface area (Å²) in [5, 5.41) is 9.67. The molecule has 1 aliphatic heterocycles. The van der Waals surface area contributed by atoms with E-state index in [9.17, 15) is 9.59 Å². The third-order valence-corrected chi connectivity index (χ3v) is 7.16. The molecule has 0 saturated carbocycles. The van der Waals surface area contributed by atoms with Crippen LogP contribution in [-0.4, -0.2) is 74.2 Å². The summed E-state index contributed by atoms with van der Waals surface area (Å²) < 4.78 is 2.11. The Bertz CT molecular complexity index is 1120. The van der Waals surface area contributed by atoms with Gasteiger partial charge in [0.1, 0.15) is 5.69 Å². The number of benzene rings is 1. The SMILES string of the molecule is CC[C@H](c1nnc(SCC(=O)c2c[nH]c(C(=O)N3CCCC3)c2)n1Cc1ccccc1)N(C)C. The summed E-state index contributed by atoms with van der Waals surface area (Å²) in [5.41, 5.74) is 2.15. The van der Waals surface area contributed by atoms with Gasteiger partial charge in [0, 0.05) is 24.8 Å². The maximum atomic E-state index is 12.9. The number of thioether (sulfide) groups is 1. The minimum Gasteiger partial charge on any atom is -0.356 e. The van der Waals surface area contributed by atoms with E-state index in [1.807, 2.05) is 37.2 Å². The number of nitrogens with one attached hydrogen (secondary N) is 1. The molecular weight excluding hydrogens is 448 g/mol. The maximum absolute atomic E-state index is 12.9. The van der Waals surface area contributed by atoms with Gasteiger partial charge < -0.3 is 14.5 Å². The average molecular weight is 481 g/mol. The van der Waals surface area contributed by atoms with Gasteiger partial charge in [0.15, 0.2) is 16.8 Å². The van der Waals surface area contributed by atoms with E-state index in [2.05, 4.69) is 43.7 Å². The number of carbonyl (C=O) groups excluding carboxylic acids is 2. The van der Waals surface area contributed by atoms with Gasteiger partial charge in [-0.05, 0) is 45.0 Å². The first kappa shape index (κ1) is 24.2. The molecule has 1 saturated heterocycles. The first-order valence-electron chi connectivity index (χ1n) is 11.7. The molecule has 9 heteroatoms. The van der Waals surface area contributed by atoms with E-state index < -0.39 is 0 Å². The van der Waals surface area contributed by atoms with Crippen LogP contribution in [0.4, 0.5) is 0 Å². The molecule has 0 aliphatic carbocycles. The van der Waals surface area contributed by atoms with E-state index in [-0.39, 0.29) is 23.5 Å². The first-order valence-corrected chi connectivity index (χ1v) is 12.7. The number of hydrogen-bond acceptors (Lipinski definition) is 6. The average Bonchev–Trinajstić information content (AvgIpc) is 3.60. The molecule has 1 aromatic carbocycles. The van der Waals surface area contributed by atoms with Gasteiger partial charge in [0.05, 0.1) is 18.3 Å². The van der Waals surface area contributed by atoms with Crippen molar-refractivity contribution < 1.29 is 9.59 Å². The van der Waals surface area contributed by atoms with E-state index in [4.69, 9.17) is 0 Å². The number of likely N-dealkylation sites (tertiary alicyclic amines) is 1. The molecule has 0 unspecified atom stereocenters. The number of H-pyrrole nitrogens is 1. The Morgan fingerprint density at radius 2 is 1.88 bits per heavy atom. The fourth-order valence-electron chi connectivity index (χ4n) is 4.33. The molecule has 0 bridgehead atoms. The fraction of sp³-hybridized carbons (Fsp3) is 0.440. The number of rotatable bonds is 10. The molecule has 4 rings (SSSR count). The van der Waals surface area contributed by atoms with Crippen LogP contribution in [0, 0.1) is 0 Å². The van der Waals surface area contributed by atoms with E-state index in [1.54, 1.807) is 12.3 Å². The van der Waals surface area contributed by atoms with Gasteiger partial charge in [-0.25, -0.2) is 0 Å². The normalized spacial score (nSPS) is 14.6. The zero-order valence-corrected chi connectivity index (χ0v) is 20.8. The Hall–Kier alpha value is -2.91. The largest absolute Gasteiger partial charge is 0.356 e. The molecule has 0 radical (unpaired) electrons. The highest BCUT2D eigenvalue weighted by molar-refractivity contribution is 7.99. The van der Waals surface area contributed by atoms with Crippen molar-refractivity contribution in [2.45, 2.75) is 43.9 Å². The molecule has 2 aromatic heterocycles. The molecular formula is C25H32N6O2S. The Morgan fingerprint density at radius 3 is 2.56 bits per heavy atom. The molecule has 1 atom stereocenters. The topological polar surface area (TPSA) is 87.1 Å². The first-order chi connectivity index (χ1) is 16.5. The van der Waals surface area contributed by atoms with Crippen LogP contribution >= 0.6 is 11.8 Å². The second-order valence-corrected chi connectivity index (χ2v) is 9.76. The molecule has 3 heterocycles. The Balaban J connectivity index is 1.49. The molecule has 3 aromatic rings. The smallest absolute Gasteiger partial charge is 0.270 e. The van der Waals surface area contributed by atoms with Gasteiger partial charge >= 0.3 is 0 Å². The fourth-order valence-corrected chi connectivity index (χ4v) is 5.17. The van der Waals surface area contributed by atoms with Crippen LogP contribution < -0.4 is 0 Å². The predicted octanol–water partition coefficient (Wildman–Crippen LogP) is 3.88. The number of carbonyl (C=O) groups is 2. The lowest BCUT2D eigenvalue weighted by Gasteiger charge is -2.23. The highest BCUT2D eigenvalue weighted by Gasteiger charge is 2.24. The quantitative estimate of drug-likeness (QED) is 0.350. The van der Waals surface area contributed by atoms with Crippen LogP contribution in [0.1, 0.15) is 64.5 Å². The molecule has 1 fully saturated rings. The van der Waals surface area contributed by atoms with Crippen molar-refractivity contribution in [2.75, 3.05) is 32.9 Å². The molecule has 1 amide bonds. The van der Waals surface area contributed by atoms with Gasteiger partial charge in [-0.3, -0.25) is 14.5 Å². The minimum absolute atomic E-state index is 0.0364. The lowest BCUT2D eigenvalue weighted by Crippen LogP contribution is -2.27. The van der Waals surface area contributed by atoms with Crippen LogP contribution in [0.25, 0.3) is 0 Å². The van der Waals surface area contributed by atoms with Crippen molar-refractivity contribution in [1.82, 2.24) is 29.5 Å². The molecule has 8 nitrogen and oxygen atoms in total. The summed E-state index contributed by atoms with van der Waals surface area (Å²) >= 11 is 1.38. The highest BCUT2D eigenvalue weighted by Crippen LogP contribution is 2.27.